The van der Waals surface area contributed by atoms with Crippen molar-refractivity contribution in [3.05, 3.63) is 33.9 Å². The van der Waals surface area contributed by atoms with E-state index >= 15 is 0 Å². The van der Waals surface area contributed by atoms with Crippen LogP contribution in [0.2, 0.25) is 0 Å². The Bertz CT molecular complexity index is 470. The topological polar surface area (TPSA) is 66.6 Å². The van der Waals surface area contributed by atoms with E-state index in [0.29, 0.717) is 11.3 Å². The number of anilines is 1. The molecule has 19 heavy (non-hydrogen) atoms. The van der Waals surface area contributed by atoms with E-state index in [2.05, 4.69) is 0 Å². The Kier molecular flexibility index (Phi) is 4.52. The van der Waals surface area contributed by atoms with Gasteiger partial charge in [-0.2, -0.15) is 0 Å². The van der Waals surface area contributed by atoms with Gasteiger partial charge >= 0.3 is 0 Å². The number of benzene rings is 1. The van der Waals surface area contributed by atoms with Crippen LogP contribution in [0.1, 0.15) is 45.8 Å². The van der Waals surface area contributed by atoms with E-state index < -0.39 is 11.0 Å². The summed E-state index contributed by atoms with van der Waals surface area (Å²) in [5.41, 5.74) is 0.985. The maximum absolute atomic E-state index is 11.2. The highest BCUT2D eigenvalue weighted by atomic mass is 16.6. The highest BCUT2D eigenvalue weighted by Gasteiger charge is 2.27. The van der Waals surface area contributed by atoms with E-state index in [9.17, 15) is 15.2 Å². The lowest BCUT2D eigenvalue weighted by Crippen LogP contribution is -2.40. The zero-order valence-corrected chi connectivity index (χ0v) is 12.2. The molecule has 1 N–H and O–H groups in total. The summed E-state index contributed by atoms with van der Waals surface area (Å²) in [4.78, 5) is 12.7. The van der Waals surface area contributed by atoms with Gasteiger partial charge in [-0.05, 0) is 38.8 Å². The Hall–Kier alpha value is -1.62. The zero-order chi connectivity index (χ0) is 14.8. The molecule has 0 radical (unpaired) electrons. The molecule has 1 unspecified atom stereocenters. The molecule has 5 heteroatoms. The maximum Gasteiger partial charge on any atom is 0.292 e. The quantitative estimate of drug-likeness (QED) is 0.656. The van der Waals surface area contributed by atoms with Gasteiger partial charge in [0.05, 0.1) is 11.0 Å². The lowest BCUT2D eigenvalue weighted by molar-refractivity contribution is -0.384. The Balaban J connectivity index is 3.32. The molecule has 0 amide bonds. The number of rotatable bonds is 5. The predicted molar refractivity (Wildman–Crippen MR) is 76.5 cm³/mol. The molecule has 0 aromatic heterocycles. The highest BCUT2D eigenvalue weighted by molar-refractivity contribution is 5.65. The molecule has 0 fully saturated rings. The van der Waals surface area contributed by atoms with E-state index in [1.165, 1.54) is 6.07 Å². The molecule has 1 rings (SSSR count). The summed E-state index contributed by atoms with van der Waals surface area (Å²) in [6, 6.07) is 4.88. The van der Waals surface area contributed by atoms with Gasteiger partial charge in [-0.1, -0.05) is 13.0 Å². The van der Waals surface area contributed by atoms with Crippen LogP contribution < -0.4 is 4.90 Å². The Morgan fingerprint density at radius 2 is 2.05 bits per heavy atom. The minimum Gasteiger partial charge on any atom is -0.389 e. The third-order valence-corrected chi connectivity index (χ3v) is 3.81. The van der Waals surface area contributed by atoms with Crippen molar-refractivity contribution in [2.45, 2.75) is 45.8 Å². The molecule has 1 aromatic rings. The first-order chi connectivity index (χ1) is 8.70. The molecule has 0 bridgehead atoms. The summed E-state index contributed by atoms with van der Waals surface area (Å²) in [5.74, 6) is 0. The van der Waals surface area contributed by atoms with Gasteiger partial charge < -0.3 is 10.0 Å². The summed E-state index contributed by atoms with van der Waals surface area (Å²) >= 11 is 0. The molecular weight excluding hydrogens is 244 g/mol. The Morgan fingerprint density at radius 1 is 1.47 bits per heavy atom. The van der Waals surface area contributed by atoms with Crippen LogP contribution >= 0.6 is 0 Å². The number of nitro benzene ring substituents is 1. The van der Waals surface area contributed by atoms with Crippen LogP contribution in [0.5, 0.6) is 0 Å². The first kappa shape index (κ1) is 15.4. The molecule has 0 saturated carbocycles. The third kappa shape index (κ3) is 3.23. The average Bonchev–Trinajstić information content (AvgIpc) is 2.36. The van der Waals surface area contributed by atoms with E-state index in [0.717, 1.165) is 6.42 Å². The highest BCUT2D eigenvalue weighted by Crippen LogP contribution is 2.34. The van der Waals surface area contributed by atoms with Crippen LogP contribution in [-0.4, -0.2) is 22.6 Å². The molecular formula is C14H22N2O3. The van der Waals surface area contributed by atoms with E-state index in [1.807, 2.05) is 32.7 Å². The van der Waals surface area contributed by atoms with Gasteiger partial charge in [0.15, 0.2) is 0 Å². The Labute approximate surface area is 114 Å². The van der Waals surface area contributed by atoms with Gasteiger partial charge in [-0.25, -0.2) is 0 Å². The van der Waals surface area contributed by atoms with Gasteiger partial charge in [0.25, 0.3) is 5.69 Å². The fourth-order valence-corrected chi connectivity index (χ4v) is 1.79. The largest absolute Gasteiger partial charge is 0.389 e. The fourth-order valence-electron chi connectivity index (χ4n) is 1.79. The number of nitrogens with zero attached hydrogens (tertiary/aromatic N) is 2. The van der Waals surface area contributed by atoms with Gasteiger partial charge in [-0.3, -0.25) is 10.1 Å². The summed E-state index contributed by atoms with van der Waals surface area (Å²) < 4.78 is 0. The first-order valence-electron chi connectivity index (χ1n) is 6.41. The third-order valence-electron chi connectivity index (χ3n) is 3.81. The molecule has 0 aliphatic heterocycles. The van der Waals surface area contributed by atoms with Crippen molar-refractivity contribution in [3.8, 4) is 0 Å². The summed E-state index contributed by atoms with van der Waals surface area (Å²) in [6.45, 7) is 7.73. The summed E-state index contributed by atoms with van der Waals surface area (Å²) in [5, 5.41) is 20.7. The van der Waals surface area contributed by atoms with E-state index in [4.69, 9.17) is 0 Å². The van der Waals surface area contributed by atoms with Crippen molar-refractivity contribution in [2.24, 2.45) is 0 Å². The Morgan fingerprint density at radius 3 is 2.47 bits per heavy atom. The van der Waals surface area contributed by atoms with Gasteiger partial charge in [0, 0.05) is 18.7 Å². The second-order valence-corrected chi connectivity index (χ2v) is 5.41. The van der Waals surface area contributed by atoms with Crippen LogP contribution in [0.25, 0.3) is 0 Å². The van der Waals surface area contributed by atoms with Crippen molar-refractivity contribution in [1.82, 2.24) is 0 Å². The van der Waals surface area contributed by atoms with E-state index in [1.54, 1.807) is 19.1 Å². The molecule has 0 saturated heterocycles. The zero-order valence-electron chi connectivity index (χ0n) is 12.2. The standard InChI is InChI=1S/C14H22N2O3/c1-6-14(3,4)15(5)12-8-7-11(10(2)17)9-13(12)16(18)19/h7-10,17H,6H2,1-5H3. The first-order valence-corrected chi connectivity index (χ1v) is 6.41. The molecule has 106 valence electrons. The second-order valence-electron chi connectivity index (χ2n) is 5.41. The van der Waals surface area contributed by atoms with Crippen molar-refractivity contribution in [1.29, 1.82) is 0 Å². The van der Waals surface area contributed by atoms with Crippen molar-refractivity contribution < 1.29 is 10.0 Å². The number of nitro groups is 1. The summed E-state index contributed by atoms with van der Waals surface area (Å²) in [6.07, 6.45) is 0.163. The lowest BCUT2D eigenvalue weighted by atomic mass is 9.98. The smallest absolute Gasteiger partial charge is 0.292 e. The molecule has 1 aromatic carbocycles. The average molecular weight is 266 g/mol. The van der Waals surface area contributed by atoms with Crippen LogP contribution in [0.4, 0.5) is 11.4 Å². The van der Waals surface area contributed by atoms with Crippen LogP contribution in [0, 0.1) is 10.1 Å². The van der Waals surface area contributed by atoms with Crippen LogP contribution in [0.15, 0.2) is 18.2 Å². The lowest BCUT2D eigenvalue weighted by Gasteiger charge is -2.36. The van der Waals surface area contributed by atoms with Crippen LogP contribution in [0.3, 0.4) is 0 Å². The normalized spacial score (nSPS) is 13.2. The second kappa shape index (κ2) is 5.57. The predicted octanol–water partition coefficient (Wildman–Crippen LogP) is 3.27. The van der Waals surface area contributed by atoms with Gasteiger partial charge in [0.2, 0.25) is 0 Å². The molecule has 1 atom stereocenters. The molecule has 0 heterocycles. The monoisotopic (exact) mass is 266 g/mol. The summed E-state index contributed by atoms with van der Waals surface area (Å²) in [7, 11) is 1.86. The molecule has 5 nitrogen and oxygen atoms in total. The van der Waals surface area contributed by atoms with Gasteiger partial charge in [-0.15, -0.1) is 0 Å². The van der Waals surface area contributed by atoms with Crippen molar-refractivity contribution >= 4 is 11.4 Å². The molecule has 0 aliphatic rings. The molecule has 0 spiro atoms. The maximum atomic E-state index is 11.2. The molecule has 0 aliphatic carbocycles. The number of aliphatic hydroxyl groups is 1. The number of hydrogen-bond acceptors (Lipinski definition) is 4. The van der Waals surface area contributed by atoms with Crippen molar-refractivity contribution in [3.63, 3.8) is 0 Å². The van der Waals surface area contributed by atoms with Crippen LogP contribution in [-0.2, 0) is 0 Å². The van der Waals surface area contributed by atoms with E-state index in [-0.39, 0.29) is 11.2 Å². The SMILES string of the molecule is CCC(C)(C)N(C)c1ccc(C(C)O)cc1[N+](=O)[O-]. The minimum atomic E-state index is -0.711. The van der Waals surface area contributed by atoms with Gasteiger partial charge in [0.1, 0.15) is 5.69 Å². The minimum absolute atomic E-state index is 0.0300. The number of hydrogen-bond donors (Lipinski definition) is 1. The number of aliphatic hydroxyl groups excluding tert-OH is 1. The fraction of sp³-hybridized carbons (Fsp3) is 0.571. The van der Waals surface area contributed by atoms with Crippen molar-refractivity contribution in [2.75, 3.05) is 11.9 Å².